The number of aromatic hydroxyl groups is 1. The fourth-order valence-electron chi connectivity index (χ4n) is 1.63. The predicted octanol–water partition coefficient (Wildman–Crippen LogP) is 1.47. The lowest BCUT2D eigenvalue weighted by molar-refractivity contribution is 0.316. The van der Waals surface area contributed by atoms with E-state index in [2.05, 4.69) is 4.72 Å². The average Bonchev–Trinajstić information content (AvgIpc) is 2.15. The molecule has 1 aliphatic rings. The summed E-state index contributed by atoms with van der Waals surface area (Å²) in [6.07, 6.45) is 3.42. The van der Waals surface area contributed by atoms with Gasteiger partial charge in [0.1, 0.15) is 5.75 Å². The number of hydrogen-bond acceptors (Lipinski definition) is 3. The van der Waals surface area contributed by atoms with E-state index < -0.39 is 10.0 Å². The molecule has 2 N–H and O–H groups in total. The molecule has 0 atom stereocenters. The van der Waals surface area contributed by atoms with E-state index >= 15 is 0 Å². The third-order valence-corrected chi connectivity index (χ3v) is 4.37. The van der Waals surface area contributed by atoms with Crippen molar-refractivity contribution in [2.75, 3.05) is 6.54 Å². The van der Waals surface area contributed by atoms with Crippen LogP contribution >= 0.6 is 0 Å². The molecule has 2 rings (SSSR count). The molecule has 0 aromatic heterocycles. The summed E-state index contributed by atoms with van der Waals surface area (Å²) >= 11 is 0. The number of rotatable bonds is 4. The van der Waals surface area contributed by atoms with Crippen molar-refractivity contribution in [3.63, 3.8) is 0 Å². The zero-order valence-electron chi connectivity index (χ0n) is 8.89. The van der Waals surface area contributed by atoms with Crippen LogP contribution in [0.15, 0.2) is 29.2 Å². The summed E-state index contributed by atoms with van der Waals surface area (Å²) in [5.74, 6) is 0.560. The van der Waals surface area contributed by atoms with Crippen LogP contribution < -0.4 is 4.72 Å². The lowest BCUT2D eigenvalue weighted by atomic mass is 9.86. The van der Waals surface area contributed by atoms with E-state index in [0.717, 1.165) is 12.8 Å². The molecule has 1 aliphatic carbocycles. The lowest BCUT2D eigenvalue weighted by Crippen LogP contribution is -2.32. The van der Waals surface area contributed by atoms with Crippen LogP contribution in [0.25, 0.3) is 0 Å². The van der Waals surface area contributed by atoms with E-state index in [1.54, 1.807) is 0 Å². The highest BCUT2D eigenvalue weighted by molar-refractivity contribution is 7.89. The van der Waals surface area contributed by atoms with Crippen molar-refractivity contribution in [2.45, 2.75) is 24.2 Å². The van der Waals surface area contributed by atoms with Crippen molar-refractivity contribution in [3.8, 4) is 5.75 Å². The molecule has 1 fully saturated rings. The van der Waals surface area contributed by atoms with Crippen molar-refractivity contribution in [2.24, 2.45) is 5.92 Å². The Hall–Kier alpha value is -1.07. The van der Waals surface area contributed by atoms with Crippen molar-refractivity contribution in [3.05, 3.63) is 24.3 Å². The Morgan fingerprint density at radius 2 is 1.88 bits per heavy atom. The van der Waals surface area contributed by atoms with E-state index in [0.29, 0.717) is 12.5 Å². The molecule has 0 spiro atoms. The van der Waals surface area contributed by atoms with E-state index in [1.807, 2.05) is 0 Å². The Bertz CT molecular complexity index is 449. The Morgan fingerprint density at radius 3 is 2.38 bits per heavy atom. The van der Waals surface area contributed by atoms with Gasteiger partial charge in [-0.2, -0.15) is 0 Å². The van der Waals surface area contributed by atoms with Crippen LogP contribution in [0.3, 0.4) is 0 Å². The summed E-state index contributed by atoms with van der Waals surface area (Å²) in [5.41, 5.74) is 0. The first-order valence-electron chi connectivity index (χ1n) is 5.36. The minimum atomic E-state index is -3.41. The minimum absolute atomic E-state index is 0.0675. The van der Waals surface area contributed by atoms with Crippen molar-refractivity contribution >= 4 is 10.0 Å². The summed E-state index contributed by atoms with van der Waals surface area (Å²) < 4.78 is 26.2. The molecule has 0 amide bonds. The molecular formula is C11H15NO3S. The number of nitrogens with one attached hydrogen (secondary N) is 1. The van der Waals surface area contributed by atoms with Crippen molar-refractivity contribution in [1.82, 2.24) is 4.72 Å². The van der Waals surface area contributed by atoms with E-state index in [9.17, 15) is 8.42 Å². The van der Waals surface area contributed by atoms with Crippen LogP contribution in [0, 0.1) is 5.92 Å². The van der Waals surface area contributed by atoms with Gasteiger partial charge in [0.2, 0.25) is 10.0 Å². The van der Waals surface area contributed by atoms with Gasteiger partial charge >= 0.3 is 0 Å². The van der Waals surface area contributed by atoms with Crippen LogP contribution in [0.2, 0.25) is 0 Å². The lowest BCUT2D eigenvalue weighted by Gasteiger charge is -2.25. The summed E-state index contributed by atoms with van der Waals surface area (Å²) in [6, 6.07) is 5.55. The SMILES string of the molecule is O=S(=O)(NCC1CCC1)c1ccc(O)cc1. The molecule has 0 radical (unpaired) electrons. The van der Waals surface area contributed by atoms with Crippen LogP contribution in [0.1, 0.15) is 19.3 Å². The van der Waals surface area contributed by atoms with Crippen LogP contribution in [0.5, 0.6) is 5.75 Å². The largest absolute Gasteiger partial charge is 0.508 e. The van der Waals surface area contributed by atoms with Gasteiger partial charge in [0.25, 0.3) is 0 Å². The highest BCUT2D eigenvalue weighted by atomic mass is 32.2. The Morgan fingerprint density at radius 1 is 1.25 bits per heavy atom. The standard InChI is InChI=1S/C11H15NO3S/c13-10-4-6-11(7-5-10)16(14,15)12-8-9-2-1-3-9/h4-7,9,12-13H,1-3,8H2. The van der Waals surface area contributed by atoms with Gasteiger partial charge in [0.05, 0.1) is 4.90 Å². The topological polar surface area (TPSA) is 66.4 Å². The van der Waals surface area contributed by atoms with Gasteiger partial charge in [0, 0.05) is 6.54 Å². The van der Waals surface area contributed by atoms with E-state index in [-0.39, 0.29) is 10.6 Å². The summed E-state index contributed by atoms with van der Waals surface area (Å²) in [7, 11) is -3.41. The highest BCUT2D eigenvalue weighted by Gasteiger charge is 2.21. The van der Waals surface area contributed by atoms with Gasteiger partial charge in [-0.15, -0.1) is 0 Å². The first kappa shape index (κ1) is 11.4. The van der Waals surface area contributed by atoms with E-state index in [4.69, 9.17) is 5.11 Å². The van der Waals surface area contributed by atoms with Crippen molar-refractivity contribution < 1.29 is 13.5 Å². The first-order chi connectivity index (χ1) is 7.58. The van der Waals surface area contributed by atoms with Gasteiger partial charge in [-0.1, -0.05) is 6.42 Å². The second-order valence-electron chi connectivity index (χ2n) is 4.14. The molecule has 88 valence electrons. The van der Waals surface area contributed by atoms with Gasteiger partial charge in [-0.05, 0) is 43.0 Å². The number of phenolic OH excluding ortho intramolecular Hbond substituents is 1. The second-order valence-corrected chi connectivity index (χ2v) is 5.91. The summed E-state index contributed by atoms with van der Waals surface area (Å²) in [6.45, 7) is 0.517. The Labute approximate surface area is 95.4 Å². The molecule has 0 saturated heterocycles. The van der Waals surface area contributed by atoms with Gasteiger partial charge in [-0.3, -0.25) is 0 Å². The predicted molar refractivity (Wildman–Crippen MR) is 60.6 cm³/mol. The third-order valence-electron chi connectivity index (χ3n) is 2.93. The Balaban J connectivity index is 2.02. The summed E-state index contributed by atoms with van der Waals surface area (Å²) in [5, 5.41) is 9.07. The van der Waals surface area contributed by atoms with Crippen LogP contribution in [-0.2, 0) is 10.0 Å². The van der Waals surface area contributed by atoms with Gasteiger partial charge in [0.15, 0.2) is 0 Å². The maximum absolute atomic E-state index is 11.8. The average molecular weight is 241 g/mol. The van der Waals surface area contributed by atoms with Crippen LogP contribution in [0.4, 0.5) is 0 Å². The second kappa shape index (κ2) is 4.43. The maximum Gasteiger partial charge on any atom is 0.240 e. The molecule has 0 heterocycles. The van der Waals surface area contributed by atoms with Gasteiger partial charge in [-0.25, -0.2) is 13.1 Å². The molecule has 1 saturated carbocycles. The molecule has 4 nitrogen and oxygen atoms in total. The molecule has 0 unspecified atom stereocenters. The molecule has 1 aromatic rings. The number of benzene rings is 1. The van der Waals surface area contributed by atoms with Gasteiger partial charge < -0.3 is 5.11 Å². The molecule has 0 bridgehead atoms. The first-order valence-corrected chi connectivity index (χ1v) is 6.85. The number of hydrogen-bond donors (Lipinski definition) is 2. The normalized spacial score (nSPS) is 17.0. The highest BCUT2D eigenvalue weighted by Crippen LogP contribution is 2.25. The van der Waals surface area contributed by atoms with E-state index in [1.165, 1.54) is 30.7 Å². The fourth-order valence-corrected chi connectivity index (χ4v) is 2.75. The third kappa shape index (κ3) is 2.54. The zero-order valence-corrected chi connectivity index (χ0v) is 9.70. The fraction of sp³-hybridized carbons (Fsp3) is 0.455. The zero-order chi connectivity index (χ0) is 11.6. The number of phenols is 1. The number of sulfonamides is 1. The summed E-state index contributed by atoms with van der Waals surface area (Å²) in [4.78, 5) is 0.199. The van der Waals surface area contributed by atoms with Crippen molar-refractivity contribution in [1.29, 1.82) is 0 Å². The molecular weight excluding hydrogens is 226 g/mol. The monoisotopic (exact) mass is 241 g/mol. The molecule has 0 aliphatic heterocycles. The smallest absolute Gasteiger partial charge is 0.240 e. The Kier molecular flexibility index (Phi) is 3.16. The quantitative estimate of drug-likeness (QED) is 0.839. The minimum Gasteiger partial charge on any atom is -0.508 e. The maximum atomic E-state index is 11.8. The molecule has 1 aromatic carbocycles. The molecule has 16 heavy (non-hydrogen) atoms. The molecule has 5 heteroatoms. The van der Waals surface area contributed by atoms with Crippen LogP contribution in [-0.4, -0.2) is 20.1 Å².